The second-order valence-corrected chi connectivity index (χ2v) is 7.46. The third-order valence-corrected chi connectivity index (χ3v) is 5.33. The molecule has 0 saturated carbocycles. The van der Waals surface area contributed by atoms with Crippen molar-refractivity contribution in [2.75, 3.05) is 61.7 Å². The highest BCUT2D eigenvalue weighted by Gasteiger charge is 2.30. The van der Waals surface area contributed by atoms with Gasteiger partial charge in [0.05, 0.1) is 45.1 Å². The second kappa shape index (κ2) is 9.20. The molecular weight excluding hydrogens is 412 g/mol. The van der Waals surface area contributed by atoms with Crippen molar-refractivity contribution in [3.63, 3.8) is 0 Å². The average molecular weight is 437 g/mol. The molecule has 0 amide bonds. The average Bonchev–Trinajstić information content (AvgIpc) is 2.78. The zero-order chi connectivity index (χ0) is 22.0. The quantitative estimate of drug-likeness (QED) is 0.697. The molecule has 2 atom stereocenters. The number of anilines is 3. The van der Waals surface area contributed by atoms with Gasteiger partial charge in [-0.25, -0.2) is 13.8 Å². The molecule has 0 bridgehead atoms. The van der Waals surface area contributed by atoms with Gasteiger partial charge in [0.1, 0.15) is 11.5 Å². The van der Waals surface area contributed by atoms with Gasteiger partial charge in [-0.2, -0.15) is 15.0 Å². The van der Waals surface area contributed by atoms with E-state index < -0.39 is 6.43 Å². The molecule has 0 spiro atoms. The first-order valence-electron chi connectivity index (χ1n) is 10.1. The lowest BCUT2D eigenvalue weighted by Crippen LogP contribution is -2.49. The Balaban J connectivity index is 1.85. The topological polar surface area (TPSA) is 123 Å². The summed E-state index contributed by atoms with van der Waals surface area (Å²) >= 11 is 0. The maximum Gasteiger partial charge on any atom is 0.266 e. The molecule has 4 heterocycles. The molecule has 168 valence electrons. The fourth-order valence-corrected chi connectivity index (χ4v) is 3.65. The van der Waals surface area contributed by atoms with Crippen LogP contribution in [-0.4, -0.2) is 83.3 Å². The van der Waals surface area contributed by atoms with Crippen molar-refractivity contribution in [1.29, 1.82) is 0 Å². The zero-order valence-electron chi connectivity index (χ0n) is 17.1. The predicted molar refractivity (Wildman–Crippen MR) is 109 cm³/mol. The standard InChI is InChI=1S/C19H25F2N7O3/c1-11-9-30-6-4-27(11)18-24-17(15-13(16(20)21)2-3-14(22)23-15)25-19(26-18)28-5-7-31-10-12(28)8-29/h2-3,11-12,16,29H,4-10H2,1H3,(H2,22,23)/t11-,12-/m1/s1. The van der Waals surface area contributed by atoms with E-state index in [2.05, 4.69) is 19.9 Å². The van der Waals surface area contributed by atoms with E-state index in [1.165, 1.54) is 12.1 Å². The van der Waals surface area contributed by atoms with Gasteiger partial charge in [-0.3, -0.25) is 0 Å². The lowest BCUT2D eigenvalue weighted by atomic mass is 10.2. The summed E-state index contributed by atoms with van der Waals surface area (Å²) < 4.78 is 38.3. The first-order chi connectivity index (χ1) is 15.0. The van der Waals surface area contributed by atoms with Crippen molar-refractivity contribution in [2.45, 2.75) is 25.4 Å². The number of hydrogen-bond acceptors (Lipinski definition) is 10. The van der Waals surface area contributed by atoms with Crippen molar-refractivity contribution in [1.82, 2.24) is 19.9 Å². The highest BCUT2D eigenvalue weighted by atomic mass is 19.3. The number of aromatic nitrogens is 4. The van der Waals surface area contributed by atoms with Crippen LogP contribution in [0.5, 0.6) is 0 Å². The van der Waals surface area contributed by atoms with Gasteiger partial charge in [0, 0.05) is 18.7 Å². The van der Waals surface area contributed by atoms with E-state index in [0.717, 1.165) is 0 Å². The van der Waals surface area contributed by atoms with Crippen LogP contribution in [0.1, 0.15) is 18.9 Å². The van der Waals surface area contributed by atoms with E-state index in [9.17, 15) is 13.9 Å². The Morgan fingerprint density at radius 2 is 1.74 bits per heavy atom. The Kier molecular flexibility index (Phi) is 6.39. The molecule has 12 heteroatoms. The molecule has 2 fully saturated rings. The Morgan fingerprint density at radius 3 is 2.42 bits per heavy atom. The Hall–Kier alpha value is -2.70. The molecule has 31 heavy (non-hydrogen) atoms. The van der Waals surface area contributed by atoms with E-state index in [-0.39, 0.29) is 47.5 Å². The smallest absolute Gasteiger partial charge is 0.266 e. The van der Waals surface area contributed by atoms with Crippen LogP contribution in [0.25, 0.3) is 11.5 Å². The minimum atomic E-state index is -2.78. The normalized spacial score (nSPS) is 22.2. The van der Waals surface area contributed by atoms with Crippen LogP contribution in [0.15, 0.2) is 12.1 Å². The van der Waals surface area contributed by atoms with Gasteiger partial charge in [-0.05, 0) is 19.1 Å². The van der Waals surface area contributed by atoms with Crippen LogP contribution in [0, 0.1) is 0 Å². The van der Waals surface area contributed by atoms with Gasteiger partial charge < -0.3 is 30.1 Å². The summed E-state index contributed by atoms with van der Waals surface area (Å²) in [6.45, 7) is 4.52. The predicted octanol–water partition coefficient (Wildman–Crippen LogP) is 0.876. The van der Waals surface area contributed by atoms with Crippen LogP contribution in [-0.2, 0) is 9.47 Å². The van der Waals surface area contributed by atoms with Gasteiger partial charge >= 0.3 is 0 Å². The van der Waals surface area contributed by atoms with Gasteiger partial charge in [0.25, 0.3) is 6.43 Å². The molecule has 4 rings (SSSR count). The highest BCUT2D eigenvalue weighted by molar-refractivity contribution is 5.61. The number of aliphatic hydroxyl groups excluding tert-OH is 1. The van der Waals surface area contributed by atoms with Gasteiger partial charge in [-0.1, -0.05) is 0 Å². The molecule has 0 aliphatic carbocycles. The van der Waals surface area contributed by atoms with Crippen LogP contribution in [0.2, 0.25) is 0 Å². The maximum absolute atomic E-state index is 13.7. The highest BCUT2D eigenvalue weighted by Crippen LogP contribution is 2.31. The lowest BCUT2D eigenvalue weighted by Gasteiger charge is -2.36. The molecule has 0 unspecified atom stereocenters. The van der Waals surface area contributed by atoms with Gasteiger partial charge in [0.15, 0.2) is 5.82 Å². The van der Waals surface area contributed by atoms with Crippen molar-refractivity contribution >= 4 is 17.7 Å². The number of ether oxygens (including phenoxy) is 2. The fourth-order valence-electron chi connectivity index (χ4n) is 3.65. The second-order valence-electron chi connectivity index (χ2n) is 7.46. The first-order valence-corrected chi connectivity index (χ1v) is 10.1. The van der Waals surface area contributed by atoms with Crippen molar-refractivity contribution in [2.24, 2.45) is 0 Å². The number of aliphatic hydroxyl groups is 1. The van der Waals surface area contributed by atoms with Crippen molar-refractivity contribution in [3.8, 4) is 11.5 Å². The molecular formula is C19H25F2N7O3. The zero-order valence-corrected chi connectivity index (χ0v) is 17.1. The van der Waals surface area contributed by atoms with Crippen LogP contribution < -0.4 is 15.5 Å². The fraction of sp³-hybridized carbons (Fsp3) is 0.579. The number of nitrogens with two attached hydrogens (primary N) is 1. The maximum atomic E-state index is 13.7. The van der Waals surface area contributed by atoms with Crippen molar-refractivity contribution in [3.05, 3.63) is 17.7 Å². The summed E-state index contributed by atoms with van der Waals surface area (Å²) in [4.78, 5) is 21.4. The summed E-state index contributed by atoms with van der Waals surface area (Å²) in [6.07, 6.45) is -2.78. The number of pyridine rings is 1. The minimum Gasteiger partial charge on any atom is -0.394 e. The molecule has 2 aromatic rings. The van der Waals surface area contributed by atoms with Gasteiger partial charge in [0.2, 0.25) is 11.9 Å². The van der Waals surface area contributed by atoms with Crippen molar-refractivity contribution < 1.29 is 23.4 Å². The van der Waals surface area contributed by atoms with Crippen LogP contribution in [0.3, 0.4) is 0 Å². The molecule has 0 radical (unpaired) electrons. The van der Waals surface area contributed by atoms with Gasteiger partial charge in [-0.15, -0.1) is 0 Å². The van der Waals surface area contributed by atoms with E-state index in [1.807, 2.05) is 11.8 Å². The Labute approximate surface area is 178 Å². The molecule has 2 aliphatic heterocycles. The summed E-state index contributed by atoms with van der Waals surface area (Å²) in [6, 6.07) is 2.18. The lowest BCUT2D eigenvalue weighted by molar-refractivity contribution is 0.0717. The SMILES string of the molecule is C[C@@H]1COCCN1c1nc(-c2nc(N)ccc2C(F)F)nc(N2CCOC[C@H]2CO)n1. The number of rotatable bonds is 5. The molecule has 2 aromatic heterocycles. The molecule has 10 nitrogen and oxygen atoms in total. The monoisotopic (exact) mass is 437 g/mol. The number of halogens is 2. The molecule has 3 N–H and O–H groups in total. The summed E-state index contributed by atoms with van der Waals surface area (Å²) in [5, 5.41) is 9.77. The molecule has 2 saturated heterocycles. The van der Waals surface area contributed by atoms with E-state index in [1.54, 1.807) is 4.90 Å². The largest absolute Gasteiger partial charge is 0.394 e. The third-order valence-electron chi connectivity index (χ3n) is 5.33. The summed E-state index contributed by atoms with van der Waals surface area (Å²) in [5.74, 6) is 0.695. The first kappa shape index (κ1) is 21.5. The number of alkyl halides is 2. The third kappa shape index (κ3) is 4.50. The Morgan fingerprint density at radius 1 is 1.06 bits per heavy atom. The van der Waals surface area contributed by atoms with E-state index in [4.69, 9.17) is 15.2 Å². The molecule has 2 aliphatic rings. The minimum absolute atomic E-state index is 0.00414. The number of nitrogens with zero attached hydrogens (tertiary/aromatic N) is 6. The van der Waals surface area contributed by atoms with E-state index in [0.29, 0.717) is 45.5 Å². The summed E-state index contributed by atoms with van der Waals surface area (Å²) in [7, 11) is 0. The molecule has 0 aromatic carbocycles. The summed E-state index contributed by atoms with van der Waals surface area (Å²) in [5.41, 5.74) is 5.38. The van der Waals surface area contributed by atoms with E-state index >= 15 is 0 Å². The Bertz CT molecular complexity index is 920. The number of hydrogen-bond donors (Lipinski definition) is 2. The number of morpholine rings is 2. The van der Waals surface area contributed by atoms with Crippen LogP contribution >= 0.6 is 0 Å². The van der Waals surface area contributed by atoms with Crippen LogP contribution in [0.4, 0.5) is 26.5 Å². The number of nitrogen functional groups attached to an aromatic ring is 1.